The van der Waals surface area contributed by atoms with Gasteiger partial charge in [0.2, 0.25) is 0 Å². The molecule has 0 N–H and O–H groups in total. The first-order chi connectivity index (χ1) is 11.3. The summed E-state index contributed by atoms with van der Waals surface area (Å²) < 4.78 is 4.30. The van der Waals surface area contributed by atoms with Gasteiger partial charge >= 0.3 is 0 Å². The molecule has 2 aliphatic heterocycles. The summed E-state index contributed by atoms with van der Waals surface area (Å²) in [6, 6.07) is 2.12. The van der Waals surface area contributed by atoms with Crippen molar-refractivity contribution in [3.8, 4) is 0 Å². The van der Waals surface area contributed by atoms with Gasteiger partial charge in [0.25, 0.3) is 0 Å². The van der Waals surface area contributed by atoms with Crippen LogP contribution in [0.5, 0.6) is 0 Å². The number of nitrogens with zero attached hydrogens (tertiary/aromatic N) is 6. The summed E-state index contributed by atoms with van der Waals surface area (Å²) in [6.07, 6.45) is 9.43. The maximum atomic E-state index is 4.58. The van der Waals surface area contributed by atoms with E-state index in [9.17, 15) is 0 Å². The Morgan fingerprint density at radius 3 is 2.96 bits per heavy atom. The Labute approximate surface area is 137 Å². The lowest BCUT2D eigenvalue weighted by Crippen LogP contribution is -2.35. The molecule has 0 unspecified atom stereocenters. The predicted octanol–water partition coefficient (Wildman–Crippen LogP) is 2.12. The van der Waals surface area contributed by atoms with Gasteiger partial charge < -0.3 is 4.57 Å². The Balaban J connectivity index is 1.48. The fourth-order valence-electron chi connectivity index (χ4n) is 4.00. The first-order valence-electron chi connectivity index (χ1n) is 8.92. The van der Waals surface area contributed by atoms with Gasteiger partial charge in [-0.05, 0) is 38.3 Å². The van der Waals surface area contributed by atoms with Crippen molar-refractivity contribution >= 4 is 0 Å². The van der Waals surface area contributed by atoms with Gasteiger partial charge in [0.05, 0.1) is 5.69 Å². The standard InChI is InChI=1S/C17H26N6/c1-21-11-8-15(20-21)13-22-9-5-6-14(12-22)17-19-18-16-7-3-2-4-10-23(16)17/h8,11,14H,2-7,9-10,12-13H2,1H3/t14-/m1/s1. The lowest BCUT2D eigenvalue weighted by molar-refractivity contribution is 0.192. The highest BCUT2D eigenvalue weighted by Gasteiger charge is 2.27. The van der Waals surface area contributed by atoms with Gasteiger partial charge in [0.1, 0.15) is 11.6 Å². The summed E-state index contributed by atoms with van der Waals surface area (Å²) in [5, 5.41) is 13.6. The molecule has 1 fully saturated rings. The monoisotopic (exact) mass is 314 g/mol. The topological polar surface area (TPSA) is 51.8 Å². The van der Waals surface area contributed by atoms with Crippen LogP contribution in [0.2, 0.25) is 0 Å². The lowest BCUT2D eigenvalue weighted by Gasteiger charge is -2.31. The highest BCUT2D eigenvalue weighted by molar-refractivity contribution is 5.07. The zero-order valence-corrected chi connectivity index (χ0v) is 14.0. The normalized spacial score (nSPS) is 22.7. The third-order valence-electron chi connectivity index (χ3n) is 5.16. The minimum absolute atomic E-state index is 0.520. The molecule has 6 heteroatoms. The lowest BCUT2D eigenvalue weighted by atomic mass is 9.97. The average molecular weight is 314 g/mol. The zero-order valence-electron chi connectivity index (χ0n) is 14.0. The average Bonchev–Trinajstić information content (AvgIpc) is 3.07. The van der Waals surface area contributed by atoms with Gasteiger partial charge in [-0.15, -0.1) is 10.2 Å². The van der Waals surface area contributed by atoms with Gasteiger partial charge in [-0.2, -0.15) is 5.10 Å². The Morgan fingerprint density at radius 2 is 2.09 bits per heavy atom. The second-order valence-electron chi connectivity index (χ2n) is 6.99. The van der Waals surface area contributed by atoms with Crippen molar-refractivity contribution in [2.75, 3.05) is 13.1 Å². The van der Waals surface area contributed by atoms with E-state index in [1.54, 1.807) is 0 Å². The van der Waals surface area contributed by atoms with Crippen LogP contribution < -0.4 is 0 Å². The van der Waals surface area contributed by atoms with Gasteiger partial charge in [-0.25, -0.2) is 0 Å². The number of fused-ring (bicyclic) bond motifs is 1. The Hall–Kier alpha value is -1.69. The van der Waals surface area contributed by atoms with Crippen molar-refractivity contribution in [1.29, 1.82) is 0 Å². The third kappa shape index (κ3) is 3.17. The molecule has 6 nitrogen and oxygen atoms in total. The maximum absolute atomic E-state index is 4.58. The van der Waals surface area contributed by atoms with Crippen LogP contribution in [-0.2, 0) is 26.6 Å². The summed E-state index contributed by atoms with van der Waals surface area (Å²) in [5.74, 6) is 2.96. The number of piperidine rings is 1. The van der Waals surface area contributed by atoms with E-state index in [1.807, 2.05) is 17.9 Å². The van der Waals surface area contributed by atoms with E-state index >= 15 is 0 Å². The molecule has 0 bridgehead atoms. The molecule has 2 aromatic heterocycles. The van der Waals surface area contributed by atoms with Crippen LogP contribution in [0.1, 0.15) is 55.4 Å². The minimum Gasteiger partial charge on any atom is -0.315 e. The largest absolute Gasteiger partial charge is 0.315 e. The number of hydrogen-bond donors (Lipinski definition) is 0. The number of aromatic nitrogens is 5. The molecule has 4 heterocycles. The molecular weight excluding hydrogens is 288 g/mol. The Kier molecular flexibility index (Phi) is 4.16. The van der Waals surface area contributed by atoms with Crippen LogP contribution in [-0.4, -0.2) is 42.5 Å². The van der Waals surface area contributed by atoms with Crippen LogP contribution in [0.15, 0.2) is 12.3 Å². The summed E-state index contributed by atoms with van der Waals surface area (Å²) in [7, 11) is 1.98. The highest BCUT2D eigenvalue weighted by atomic mass is 15.3. The van der Waals surface area contributed by atoms with E-state index in [0.29, 0.717) is 5.92 Å². The molecule has 0 spiro atoms. The van der Waals surface area contributed by atoms with Crippen LogP contribution in [0, 0.1) is 0 Å². The molecule has 124 valence electrons. The van der Waals surface area contributed by atoms with E-state index in [-0.39, 0.29) is 0 Å². The third-order valence-corrected chi connectivity index (χ3v) is 5.16. The first kappa shape index (κ1) is 14.9. The molecule has 0 radical (unpaired) electrons. The molecule has 0 saturated carbocycles. The number of likely N-dealkylation sites (tertiary alicyclic amines) is 1. The first-order valence-corrected chi connectivity index (χ1v) is 8.92. The smallest absolute Gasteiger partial charge is 0.137 e. The molecule has 0 aliphatic carbocycles. The van der Waals surface area contributed by atoms with Crippen molar-refractivity contribution in [3.05, 3.63) is 29.6 Å². The predicted molar refractivity (Wildman–Crippen MR) is 88.0 cm³/mol. The fourth-order valence-corrected chi connectivity index (χ4v) is 4.00. The molecule has 23 heavy (non-hydrogen) atoms. The van der Waals surface area contributed by atoms with E-state index in [2.05, 4.69) is 30.8 Å². The summed E-state index contributed by atoms with van der Waals surface area (Å²) in [5.41, 5.74) is 1.16. The van der Waals surface area contributed by atoms with Crippen molar-refractivity contribution in [3.63, 3.8) is 0 Å². The van der Waals surface area contributed by atoms with E-state index < -0.39 is 0 Å². The molecule has 0 amide bonds. The Morgan fingerprint density at radius 1 is 1.13 bits per heavy atom. The number of aryl methyl sites for hydroxylation is 2. The Bertz CT molecular complexity index is 658. The molecular formula is C17H26N6. The zero-order chi connectivity index (χ0) is 15.6. The second-order valence-corrected chi connectivity index (χ2v) is 6.99. The summed E-state index contributed by atoms with van der Waals surface area (Å²) in [6.45, 7) is 4.29. The van der Waals surface area contributed by atoms with E-state index in [4.69, 9.17) is 0 Å². The van der Waals surface area contributed by atoms with E-state index in [1.165, 1.54) is 43.8 Å². The van der Waals surface area contributed by atoms with Gasteiger partial charge in [0.15, 0.2) is 0 Å². The second kappa shape index (κ2) is 6.43. The maximum Gasteiger partial charge on any atom is 0.137 e. The molecule has 2 aliphatic rings. The fraction of sp³-hybridized carbons (Fsp3) is 0.706. The highest BCUT2D eigenvalue weighted by Crippen LogP contribution is 2.28. The van der Waals surface area contributed by atoms with Crippen LogP contribution >= 0.6 is 0 Å². The molecule has 0 aromatic carbocycles. The SMILES string of the molecule is Cn1ccc(CN2CCC[C@@H](c3nnc4n3CCCCC4)C2)n1. The van der Waals surface area contributed by atoms with Crippen LogP contribution in [0.3, 0.4) is 0 Å². The van der Waals surface area contributed by atoms with Gasteiger partial charge in [-0.1, -0.05) is 6.42 Å². The minimum atomic E-state index is 0.520. The number of rotatable bonds is 3. The van der Waals surface area contributed by atoms with Crippen molar-refractivity contribution in [1.82, 2.24) is 29.4 Å². The van der Waals surface area contributed by atoms with Gasteiger partial charge in [0, 0.05) is 45.2 Å². The molecule has 1 atom stereocenters. The van der Waals surface area contributed by atoms with Crippen molar-refractivity contribution in [2.45, 2.75) is 57.5 Å². The quantitative estimate of drug-likeness (QED) is 0.871. The molecule has 1 saturated heterocycles. The number of hydrogen-bond acceptors (Lipinski definition) is 4. The van der Waals surface area contributed by atoms with Crippen LogP contribution in [0.4, 0.5) is 0 Å². The van der Waals surface area contributed by atoms with Crippen molar-refractivity contribution in [2.24, 2.45) is 7.05 Å². The summed E-state index contributed by atoms with van der Waals surface area (Å²) in [4.78, 5) is 2.52. The van der Waals surface area contributed by atoms with E-state index in [0.717, 1.165) is 38.3 Å². The van der Waals surface area contributed by atoms with Crippen molar-refractivity contribution < 1.29 is 0 Å². The van der Waals surface area contributed by atoms with Gasteiger partial charge in [-0.3, -0.25) is 9.58 Å². The molecule has 2 aromatic rings. The van der Waals surface area contributed by atoms with Crippen LogP contribution in [0.25, 0.3) is 0 Å². The molecule has 4 rings (SSSR count). The summed E-state index contributed by atoms with van der Waals surface area (Å²) >= 11 is 0.